The molecule has 0 bridgehead atoms. The van der Waals surface area contributed by atoms with Crippen LogP contribution in [0.2, 0.25) is 0 Å². The molecule has 1 aliphatic rings. The predicted octanol–water partition coefficient (Wildman–Crippen LogP) is 3.27. The van der Waals surface area contributed by atoms with Crippen LogP contribution in [0.4, 0.5) is 4.39 Å². The van der Waals surface area contributed by atoms with Crippen molar-refractivity contribution in [3.05, 3.63) is 71.7 Å². The van der Waals surface area contributed by atoms with Crippen molar-refractivity contribution in [2.45, 2.75) is 19.4 Å². The second kappa shape index (κ2) is 8.17. The molecule has 0 spiro atoms. The van der Waals surface area contributed by atoms with Crippen LogP contribution < -0.4 is 0 Å². The summed E-state index contributed by atoms with van der Waals surface area (Å²) in [5.41, 5.74) is 2.48. The van der Waals surface area contributed by atoms with Gasteiger partial charge >= 0.3 is 0 Å². The number of halogens is 1. The fourth-order valence-corrected chi connectivity index (χ4v) is 3.91. The lowest BCUT2D eigenvalue weighted by Gasteiger charge is -2.37. The summed E-state index contributed by atoms with van der Waals surface area (Å²) in [6.45, 7) is 4.42. The van der Waals surface area contributed by atoms with Gasteiger partial charge in [0.05, 0.1) is 12.5 Å². The fourth-order valence-electron chi connectivity index (χ4n) is 3.91. The highest BCUT2D eigenvalue weighted by molar-refractivity contribution is 6.10. The number of aromatic nitrogens is 1. The van der Waals surface area contributed by atoms with Crippen LogP contribution in [-0.2, 0) is 11.2 Å². The minimum atomic E-state index is -0.302. The molecule has 2 aromatic carbocycles. The van der Waals surface area contributed by atoms with E-state index in [1.807, 2.05) is 36.1 Å². The number of benzene rings is 2. The first kappa shape index (κ1) is 19.3. The zero-order valence-corrected chi connectivity index (χ0v) is 16.4. The van der Waals surface area contributed by atoms with E-state index in [2.05, 4.69) is 9.88 Å². The minimum absolute atomic E-state index is 0.0341. The molecule has 1 saturated heterocycles. The Hall–Kier alpha value is -2.99. The number of carbonyl (C=O) groups is 2. The molecule has 0 radical (unpaired) electrons. The number of H-pyrrole nitrogens is 1. The maximum Gasteiger partial charge on any atom is 0.227 e. The highest BCUT2D eigenvalue weighted by Crippen LogP contribution is 2.21. The molecule has 5 nitrogen and oxygen atoms in total. The molecular formula is C23H24FN3O2. The van der Waals surface area contributed by atoms with Crippen molar-refractivity contribution < 1.29 is 14.0 Å². The van der Waals surface area contributed by atoms with Crippen LogP contribution in [-0.4, -0.2) is 58.7 Å². The first-order chi connectivity index (χ1) is 14.0. The smallest absolute Gasteiger partial charge is 0.227 e. The number of nitrogens with one attached hydrogen (secondary N) is 1. The molecule has 4 rings (SSSR count). The van der Waals surface area contributed by atoms with Gasteiger partial charge in [-0.2, -0.15) is 0 Å². The summed E-state index contributed by atoms with van der Waals surface area (Å²) < 4.78 is 13.0. The number of amides is 1. The Labute approximate surface area is 169 Å². The number of hydrogen-bond acceptors (Lipinski definition) is 3. The van der Waals surface area contributed by atoms with Gasteiger partial charge in [-0.3, -0.25) is 14.5 Å². The molecule has 0 saturated carbocycles. The second-order valence-corrected chi connectivity index (χ2v) is 7.51. The van der Waals surface area contributed by atoms with Gasteiger partial charge in [-0.05, 0) is 30.7 Å². The van der Waals surface area contributed by atoms with Crippen LogP contribution in [0, 0.1) is 5.82 Å². The molecule has 1 amide bonds. The number of aromatic amines is 1. The lowest BCUT2D eigenvalue weighted by atomic mass is 10.0. The van der Waals surface area contributed by atoms with Gasteiger partial charge in [-0.25, -0.2) is 4.39 Å². The van der Waals surface area contributed by atoms with Crippen LogP contribution in [0.3, 0.4) is 0 Å². The van der Waals surface area contributed by atoms with Crippen molar-refractivity contribution in [3.8, 4) is 0 Å². The molecule has 29 heavy (non-hydrogen) atoms. The Morgan fingerprint density at radius 3 is 2.45 bits per heavy atom. The van der Waals surface area contributed by atoms with Crippen LogP contribution in [0.5, 0.6) is 0 Å². The Balaban J connectivity index is 1.35. The van der Waals surface area contributed by atoms with E-state index in [4.69, 9.17) is 0 Å². The van der Waals surface area contributed by atoms with Crippen molar-refractivity contribution in [1.29, 1.82) is 0 Å². The van der Waals surface area contributed by atoms with E-state index in [1.165, 1.54) is 12.1 Å². The van der Waals surface area contributed by atoms with Gasteiger partial charge in [-0.15, -0.1) is 0 Å². The topological polar surface area (TPSA) is 56.4 Å². The monoisotopic (exact) mass is 393 g/mol. The van der Waals surface area contributed by atoms with E-state index < -0.39 is 0 Å². The molecule has 0 aliphatic carbocycles. The Bertz CT molecular complexity index is 1020. The van der Waals surface area contributed by atoms with Crippen molar-refractivity contribution in [1.82, 2.24) is 14.8 Å². The number of para-hydroxylation sites is 1. The van der Waals surface area contributed by atoms with Gasteiger partial charge in [0.25, 0.3) is 0 Å². The Morgan fingerprint density at radius 1 is 1.03 bits per heavy atom. The first-order valence-corrected chi connectivity index (χ1v) is 9.89. The molecule has 3 aromatic rings. The maximum atomic E-state index is 13.0. The second-order valence-electron chi connectivity index (χ2n) is 7.51. The molecule has 1 unspecified atom stereocenters. The maximum absolute atomic E-state index is 13.0. The van der Waals surface area contributed by atoms with E-state index in [1.54, 1.807) is 18.3 Å². The zero-order chi connectivity index (χ0) is 20.4. The first-order valence-electron chi connectivity index (χ1n) is 9.89. The number of ketones is 1. The van der Waals surface area contributed by atoms with Gasteiger partial charge in [0.15, 0.2) is 5.78 Å². The van der Waals surface area contributed by atoms with Crippen molar-refractivity contribution in [2.24, 2.45) is 0 Å². The molecule has 2 heterocycles. The van der Waals surface area contributed by atoms with Crippen molar-refractivity contribution >= 4 is 22.6 Å². The van der Waals surface area contributed by atoms with Gasteiger partial charge in [0, 0.05) is 48.8 Å². The lowest BCUT2D eigenvalue weighted by Crippen LogP contribution is -2.53. The van der Waals surface area contributed by atoms with E-state index in [-0.39, 0.29) is 30.0 Å². The third-order valence-electron chi connectivity index (χ3n) is 5.72. The van der Waals surface area contributed by atoms with Gasteiger partial charge in [-0.1, -0.05) is 30.3 Å². The molecular weight excluding hydrogens is 369 g/mol. The van der Waals surface area contributed by atoms with E-state index in [0.717, 1.165) is 16.5 Å². The predicted molar refractivity (Wildman–Crippen MR) is 110 cm³/mol. The van der Waals surface area contributed by atoms with Crippen LogP contribution >= 0.6 is 0 Å². The number of hydrogen-bond donors (Lipinski definition) is 1. The number of rotatable bonds is 5. The summed E-state index contributed by atoms with van der Waals surface area (Å²) in [5, 5.41) is 0.942. The molecule has 1 N–H and O–H groups in total. The summed E-state index contributed by atoms with van der Waals surface area (Å²) in [4.78, 5) is 32.7. The number of carbonyl (C=O) groups excluding carboxylic acids is 2. The third kappa shape index (κ3) is 4.07. The Morgan fingerprint density at radius 2 is 1.72 bits per heavy atom. The number of fused-ring (bicyclic) bond motifs is 1. The molecule has 1 aliphatic heterocycles. The van der Waals surface area contributed by atoms with Gasteiger partial charge in [0.1, 0.15) is 5.82 Å². The average molecular weight is 393 g/mol. The molecule has 1 aromatic heterocycles. The summed E-state index contributed by atoms with van der Waals surface area (Å²) >= 11 is 0. The molecule has 1 fully saturated rings. The van der Waals surface area contributed by atoms with Crippen LogP contribution in [0.1, 0.15) is 22.8 Å². The standard InChI is InChI=1S/C23H24FN3O2/c1-16(23(29)20-15-25-21-5-3-2-4-19(20)21)26-10-12-27(13-11-26)22(28)14-17-6-8-18(24)9-7-17/h2-9,15-16,25H,10-14H2,1H3. The number of Topliss-reactive ketones (excluding diaryl/α,β-unsaturated/α-hetero) is 1. The highest BCUT2D eigenvalue weighted by atomic mass is 19.1. The van der Waals surface area contributed by atoms with E-state index in [0.29, 0.717) is 31.7 Å². The molecule has 1 atom stereocenters. The fraction of sp³-hybridized carbons (Fsp3) is 0.304. The van der Waals surface area contributed by atoms with Gasteiger partial charge < -0.3 is 9.88 Å². The minimum Gasteiger partial charge on any atom is -0.360 e. The van der Waals surface area contributed by atoms with Crippen LogP contribution in [0.15, 0.2) is 54.7 Å². The summed E-state index contributed by atoms with van der Waals surface area (Å²) in [7, 11) is 0. The van der Waals surface area contributed by atoms with Crippen molar-refractivity contribution in [3.63, 3.8) is 0 Å². The average Bonchev–Trinajstić information content (AvgIpc) is 3.18. The van der Waals surface area contributed by atoms with E-state index >= 15 is 0 Å². The summed E-state index contributed by atoms with van der Waals surface area (Å²) in [6.07, 6.45) is 2.05. The van der Waals surface area contributed by atoms with Crippen LogP contribution in [0.25, 0.3) is 10.9 Å². The third-order valence-corrected chi connectivity index (χ3v) is 5.72. The normalized spacial score (nSPS) is 16.1. The highest BCUT2D eigenvalue weighted by Gasteiger charge is 2.29. The van der Waals surface area contributed by atoms with Crippen molar-refractivity contribution in [2.75, 3.05) is 26.2 Å². The summed E-state index contributed by atoms with van der Waals surface area (Å²) in [6, 6.07) is 13.6. The zero-order valence-electron chi connectivity index (χ0n) is 16.4. The molecule has 150 valence electrons. The number of nitrogens with zero attached hydrogens (tertiary/aromatic N) is 2. The summed E-state index contributed by atoms with van der Waals surface area (Å²) in [5.74, 6) is -0.177. The SMILES string of the molecule is CC(C(=O)c1c[nH]c2ccccc12)N1CCN(C(=O)Cc2ccc(F)cc2)CC1. The number of piperazine rings is 1. The quantitative estimate of drug-likeness (QED) is 0.677. The molecule has 6 heteroatoms. The van der Waals surface area contributed by atoms with E-state index in [9.17, 15) is 14.0 Å². The van der Waals surface area contributed by atoms with Gasteiger partial charge in [0.2, 0.25) is 5.91 Å². The lowest BCUT2D eigenvalue weighted by molar-refractivity contribution is -0.132. The Kier molecular flexibility index (Phi) is 5.45. The largest absolute Gasteiger partial charge is 0.360 e.